The fourth-order valence-electron chi connectivity index (χ4n) is 4.75. The number of anilines is 1. The number of hydrogen-bond donors (Lipinski definition) is 4. The molecule has 0 spiro atoms. The van der Waals surface area contributed by atoms with Crippen molar-refractivity contribution in [1.29, 1.82) is 0 Å². The van der Waals surface area contributed by atoms with Crippen LogP contribution < -0.4 is 10.9 Å². The largest absolute Gasteiger partial charge is 0.506 e. The van der Waals surface area contributed by atoms with E-state index in [2.05, 4.69) is 23.6 Å². The van der Waals surface area contributed by atoms with Gasteiger partial charge in [0.25, 0.3) is 5.56 Å². The van der Waals surface area contributed by atoms with Crippen LogP contribution in [0.1, 0.15) is 45.1 Å². The molecule has 1 aliphatic heterocycles. The van der Waals surface area contributed by atoms with Gasteiger partial charge in [-0.25, -0.2) is 0 Å². The van der Waals surface area contributed by atoms with E-state index in [0.717, 1.165) is 31.4 Å². The number of benzene rings is 2. The smallest absolute Gasteiger partial charge is 0.286 e. The lowest BCUT2D eigenvalue weighted by Gasteiger charge is -2.34. The third kappa shape index (κ3) is 3.89. The molecule has 4 N–H and O–H groups in total. The van der Waals surface area contributed by atoms with Crippen LogP contribution in [-0.4, -0.2) is 30.4 Å². The van der Waals surface area contributed by atoms with E-state index in [1.807, 2.05) is 0 Å². The highest BCUT2D eigenvalue weighted by Gasteiger charge is 2.30. The number of amidine groups is 1. The highest BCUT2D eigenvalue weighted by Crippen LogP contribution is 2.55. The summed E-state index contributed by atoms with van der Waals surface area (Å²) in [4.78, 5) is 13.9. The first-order chi connectivity index (χ1) is 16.3. The maximum Gasteiger partial charge on any atom is 0.286 e. The molecule has 8 nitrogen and oxygen atoms in total. The molecule has 5 rings (SSSR count). The molecule has 3 aromatic rings. The summed E-state index contributed by atoms with van der Waals surface area (Å²) in [6, 6.07) is 13.6. The first-order valence-electron chi connectivity index (χ1n) is 11.4. The summed E-state index contributed by atoms with van der Waals surface area (Å²) in [5.41, 5.74) is 1.12. The predicted molar refractivity (Wildman–Crippen MR) is 137 cm³/mol. The molecule has 1 fully saturated rings. The molecule has 2 aromatic carbocycles. The zero-order chi connectivity index (χ0) is 24.0. The van der Waals surface area contributed by atoms with Gasteiger partial charge in [-0.15, -0.1) is 4.40 Å². The Labute approximate surface area is 199 Å². The Morgan fingerprint density at radius 3 is 2.50 bits per heavy atom. The minimum atomic E-state index is -3.55. The summed E-state index contributed by atoms with van der Waals surface area (Å²) in [7, 11) is -3.55. The molecule has 1 aliphatic carbocycles. The SMILES string of the molecule is CC(C)C1CCC(=Nn2c(=O)c(C3=NS(O)(O)c4ccccc4N3)c(O)c3ccccc32)CC1. The van der Waals surface area contributed by atoms with Gasteiger partial charge in [-0.3, -0.25) is 13.9 Å². The summed E-state index contributed by atoms with van der Waals surface area (Å²) < 4.78 is 26.7. The molecule has 1 aromatic heterocycles. The number of nitrogens with one attached hydrogen (secondary N) is 1. The van der Waals surface area contributed by atoms with Crippen molar-refractivity contribution in [3.8, 4) is 5.75 Å². The second-order valence-corrected chi connectivity index (χ2v) is 10.8. The van der Waals surface area contributed by atoms with Gasteiger partial charge in [-0.05, 0) is 61.8 Å². The van der Waals surface area contributed by atoms with Gasteiger partial charge in [-0.1, -0.05) is 48.9 Å². The van der Waals surface area contributed by atoms with Crippen molar-refractivity contribution in [3.63, 3.8) is 0 Å². The van der Waals surface area contributed by atoms with E-state index in [9.17, 15) is 19.0 Å². The molecule has 0 amide bonds. The number of fused-ring (bicyclic) bond motifs is 2. The quantitative estimate of drug-likeness (QED) is 0.386. The van der Waals surface area contributed by atoms with Gasteiger partial charge in [0, 0.05) is 11.1 Å². The highest BCUT2D eigenvalue weighted by atomic mass is 32.3. The molecular weight excluding hydrogens is 452 g/mol. The second kappa shape index (κ2) is 8.57. The number of pyridine rings is 1. The van der Waals surface area contributed by atoms with Crippen LogP contribution in [0.3, 0.4) is 0 Å². The Kier molecular flexibility index (Phi) is 5.71. The molecule has 1 saturated carbocycles. The number of rotatable bonds is 3. The minimum Gasteiger partial charge on any atom is -0.506 e. The Morgan fingerprint density at radius 1 is 1.09 bits per heavy atom. The van der Waals surface area contributed by atoms with E-state index in [1.54, 1.807) is 48.5 Å². The summed E-state index contributed by atoms with van der Waals surface area (Å²) in [5, 5.41) is 19.2. The van der Waals surface area contributed by atoms with Crippen LogP contribution in [0.2, 0.25) is 0 Å². The van der Waals surface area contributed by atoms with Gasteiger partial charge >= 0.3 is 0 Å². The third-order valence-electron chi connectivity index (χ3n) is 6.71. The van der Waals surface area contributed by atoms with E-state index >= 15 is 0 Å². The summed E-state index contributed by atoms with van der Waals surface area (Å²) >= 11 is 0. The number of aromatic hydroxyl groups is 1. The number of aromatic nitrogens is 1. The third-order valence-corrected chi connectivity index (χ3v) is 8.10. The maximum absolute atomic E-state index is 13.7. The number of para-hydroxylation sites is 2. The van der Waals surface area contributed by atoms with Crippen LogP contribution >= 0.6 is 10.8 Å². The molecule has 0 saturated heterocycles. The normalized spacial score (nSPS) is 20.4. The van der Waals surface area contributed by atoms with Gasteiger partial charge in [0.1, 0.15) is 16.2 Å². The van der Waals surface area contributed by atoms with Gasteiger partial charge in [0.2, 0.25) is 0 Å². The van der Waals surface area contributed by atoms with Crippen molar-refractivity contribution in [2.45, 2.75) is 44.4 Å². The van der Waals surface area contributed by atoms with Gasteiger partial charge in [0.05, 0.1) is 11.2 Å². The van der Waals surface area contributed by atoms with Crippen LogP contribution in [0.5, 0.6) is 5.75 Å². The predicted octanol–water partition coefficient (Wildman–Crippen LogP) is 5.65. The van der Waals surface area contributed by atoms with E-state index in [1.165, 1.54) is 4.68 Å². The van der Waals surface area contributed by atoms with E-state index < -0.39 is 16.3 Å². The summed E-state index contributed by atoms with van der Waals surface area (Å²) in [6.45, 7) is 4.47. The topological polar surface area (TPSA) is 119 Å². The van der Waals surface area contributed by atoms with E-state index in [4.69, 9.17) is 5.10 Å². The van der Waals surface area contributed by atoms with Crippen molar-refractivity contribution in [1.82, 2.24) is 4.68 Å². The van der Waals surface area contributed by atoms with Crippen molar-refractivity contribution in [3.05, 3.63) is 64.4 Å². The molecule has 2 aliphatic rings. The van der Waals surface area contributed by atoms with Crippen molar-refractivity contribution >= 4 is 38.9 Å². The molecule has 34 heavy (non-hydrogen) atoms. The second-order valence-electron chi connectivity index (χ2n) is 9.19. The molecule has 0 unspecified atom stereocenters. The Bertz CT molecular complexity index is 1380. The molecule has 9 heteroatoms. The van der Waals surface area contributed by atoms with Gasteiger partial charge in [0.15, 0.2) is 5.84 Å². The standard InChI is InChI=1S/C25H28N4O4S/c1-15(2)16-11-13-17(14-12-16)27-29-20-9-5-3-7-18(20)23(30)22(25(29)31)24-26-19-8-4-6-10-21(19)34(32,33)28-24/h3-10,15-16,30,32-33H,11-14H2,1-2H3,(H,26,28). The van der Waals surface area contributed by atoms with Crippen molar-refractivity contribution in [2.75, 3.05) is 5.32 Å². The monoisotopic (exact) mass is 480 g/mol. The Morgan fingerprint density at radius 2 is 1.76 bits per heavy atom. The molecule has 0 atom stereocenters. The van der Waals surface area contributed by atoms with Crippen molar-refractivity contribution in [2.24, 2.45) is 21.3 Å². The Hall–Kier alpha value is -3.14. The van der Waals surface area contributed by atoms with Crippen LogP contribution in [0.15, 0.2) is 67.7 Å². The first kappa shape index (κ1) is 22.6. The average molecular weight is 481 g/mol. The zero-order valence-corrected chi connectivity index (χ0v) is 19.9. The van der Waals surface area contributed by atoms with Crippen LogP contribution in [0.4, 0.5) is 5.69 Å². The summed E-state index contributed by atoms with van der Waals surface area (Å²) in [6.07, 6.45) is 3.68. The number of hydrogen-bond acceptors (Lipinski definition) is 7. The van der Waals surface area contributed by atoms with Crippen LogP contribution in [0.25, 0.3) is 10.9 Å². The Balaban J connectivity index is 1.66. The minimum absolute atomic E-state index is 0.0931. The van der Waals surface area contributed by atoms with Crippen molar-refractivity contribution < 1.29 is 14.2 Å². The number of nitrogens with zero attached hydrogens (tertiary/aromatic N) is 3. The van der Waals surface area contributed by atoms with E-state index in [0.29, 0.717) is 28.4 Å². The molecule has 2 heterocycles. The average Bonchev–Trinajstić information content (AvgIpc) is 2.82. The van der Waals surface area contributed by atoms with E-state index in [-0.39, 0.29) is 22.0 Å². The lowest BCUT2D eigenvalue weighted by Crippen LogP contribution is -2.31. The lowest BCUT2D eigenvalue weighted by atomic mass is 9.81. The van der Waals surface area contributed by atoms with Crippen LogP contribution in [-0.2, 0) is 0 Å². The maximum atomic E-state index is 13.7. The molecule has 178 valence electrons. The lowest BCUT2D eigenvalue weighted by molar-refractivity contribution is 0.331. The summed E-state index contributed by atoms with van der Waals surface area (Å²) in [5.74, 6) is 0.892. The van der Waals surface area contributed by atoms with Gasteiger partial charge in [-0.2, -0.15) is 9.78 Å². The fourth-order valence-corrected chi connectivity index (χ4v) is 5.91. The first-order valence-corrected chi connectivity index (χ1v) is 12.9. The van der Waals surface area contributed by atoms with Gasteiger partial charge < -0.3 is 10.4 Å². The fraction of sp³-hybridized carbons (Fsp3) is 0.320. The molecule has 0 radical (unpaired) electrons. The molecular formula is C25H28N4O4S. The molecule has 0 bridgehead atoms. The zero-order valence-electron chi connectivity index (χ0n) is 19.1. The highest BCUT2D eigenvalue weighted by molar-refractivity contribution is 8.23. The van der Waals surface area contributed by atoms with Crippen LogP contribution in [0, 0.1) is 11.8 Å².